The van der Waals surface area contributed by atoms with E-state index in [0.29, 0.717) is 18.9 Å². The van der Waals surface area contributed by atoms with Crippen molar-refractivity contribution in [3.63, 3.8) is 0 Å². The molecular weight excluding hydrogens is 332 g/mol. The lowest BCUT2D eigenvalue weighted by Gasteiger charge is -2.35. The van der Waals surface area contributed by atoms with Gasteiger partial charge in [-0.1, -0.05) is 0 Å². The first-order valence-electron chi connectivity index (χ1n) is 9.52. The SMILES string of the molecule is COc1ccc(OC)c(CCC(=O)N2CCN(CC3CCCO3)CC2)c1. The Morgan fingerprint density at radius 3 is 2.65 bits per heavy atom. The number of benzene rings is 1. The van der Waals surface area contributed by atoms with Gasteiger partial charge in [-0.05, 0) is 43.0 Å². The van der Waals surface area contributed by atoms with Gasteiger partial charge in [0.05, 0.1) is 20.3 Å². The molecule has 2 heterocycles. The van der Waals surface area contributed by atoms with Gasteiger partial charge in [-0.15, -0.1) is 0 Å². The largest absolute Gasteiger partial charge is 0.497 e. The summed E-state index contributed by atoms with van der Waals surface area (Å²) in [6.07, 6.45) is 3.89. The van der Waals surface area contributed by atoms with Crippen LogP contribution in [0.4, 0.5) is 0 Å². The molecule has 6 nitrogen and oxygen atoms in total. The molecule has 1 unspecified atom stereocenters. The van der Waals surface area contributed by atoms with Crippen LogP contribution < -0.4 is 9.47 Å². The summed E-state index contributed by atoms with van der Waals surface area (Å²) in [6.45, 7) is 5.39. The van der Waals surface area contributed by atoms with Gasteiger partial charge in [-0.3, -0.25) is 9.69 Å². The zero-order valence-corrected chi connectivity index (χ0v) is 15.9. The van der Waals surface area contributed by atoms with E-state index in [4.69, 9.17) is 14.2 Å². The molecule has 0 saturated carbocycles. The van der Waals surface area contributed by atoms with Gasteiger partial charge in [0.25, 0.3) is 0 Å². The summed E-state index contributed by atoms with van der Waals surface area (Å²) in [5, 5.41) is 0. The second kappa shape index (κ2) is 9.24. The van der Waals surface area contributed by atoms with Gasteiger partial charge in [-0.25, -0.2) is 0 Å². The maximum atomic E-state index is 12.6. The summed E-state index contributed by atoms with van der Waals surface area (Å²) in [5.74, 6) is 1.81. The van der Waals surface area contributed by atoms with Crippen molar-refractivity contribution in [3.8, 4) is 11.5 Å². The van der Waals surface area contributed by atoms with E-state index in [2.05, 4.69) is 4.90 Å². The van der Waals surface area contributed by atoms with Crippen molar-refractivity contribution in [2.75, 3.05) is 53.6 Å². The molecule has 144 valence electrons. The molecule has 2 aliphatic rings. The second-order valence-electron chi connectivity index (χ2n) is 6.99. The number of ether oxygens (including phenoxy) is 3. The minimum Gasteiger partial charge on any atom is -0.497 e. The van der Waals surface area contributed by atoms with Gasteiger partial charge in [0, 0.05) is 45.8 Å². The van der Waals surface area contributed by atoms with Gasteiger partial charge in [0.15, 0.2) is 0 Å². The van der Waals surface area contributed by atoms with Crippen molar-refractivity contribution >= 4 is 5.91 Å². The number of hydrogen-bond donors (Lipinski definition) is 0. The number of amides is 1. The molecule has 0 N–H and O–H groups in total. The molecule has 0 spiro atoms. The van der Waals surface area contributed by atoms with E-state index in [0.717, 1.165) is 56.4 Å². The topological polar surface area (TPSA) is 51.2 Å². The number of piperazine rings is 1. The number of aryl methyl sites for hydroxylation is 1. The third kappa shape index (κ3) is 4.89. The first kappa shape index (κ1) is 19.0. The molecule has 2 saturated heterocycles. The molecule has 3 rings (SSSR count). The van der Waals surface area contributed by atoms with E-state index in [1.54, 1.807) is 14.2 Å². The zero-order chi connectivity index (χ0) is 18.4. The van der Waals surface area contributed by atoms with Gasteiger partial charge in [0.2, 0.25) is 5.91 Å². The van der Waals surface area contributed by atoms with Crippen molar-refractivity contribution in [2.45, 2.75) is 31.8 Å². The molecule has 0 bridgehead atoms. The maximum absolute atomic E-state index is 12.6. The molecule has 1 aromatic carbocycles. The van der Waals surface area contributed by atoms with Gasteiger partial charge in [-0.2, -0.15) is 0 Å². The monoisotopic (exact) mass is 362 g/mol. The van der Waals surface area contributed by atoms with Crippen LogP contribution in [0.25, 0.3) is 0 Å². The average molecular weight is 362 g/mol. The van der Waals surface area contributed by atoms with E-state index < -0.39 is 0 Å². The van der Waals surface area contributed by atoms with E-state index in [1.807, 2.05) is 23.1 Å². The van der Waals surface area contributed by atoms with Crippen molar-refractivity contribution < 1.29 is 19.0 Å². The van der Waals surface area contributed by atoms with E-state index in [1.165, 1.54) is 12.8 Å². The molecule has 1 amide bonds. The second-order valence-corrected chi connectivity index (χ2v) is 6.99. The normalized spacial score (nSPS) is 21.0. The molecule has 0 aliphatic carbocycles. The van der Waals surface area contributed by atoms with E-state index in [-0.39, 0.29) is 5.91 Å². The Kier molecular flexibility index (Phi) is 6.74. The van der Waals surface area contributed by atoms with Crippen LogP contribution in [0.15, 0.2) is 18.2 Å². The molecular formula is C20H30N2O4. The van der Waals surface area contributed by atoms with E-state index >= 15 is 0 Å². The molecule has 1 aromatic rings. The Hall–Kier alpha value is -1.79. The predicted octanol–water partition coefficient (Wildman–Crippen LogP) is 1.96. The predicted molar refractivity (Wildman–Crippen MR) is 99.9 cm³/mol. The van der Waals surface area contributed by atoms with Crippen LogP contribution in [-0.4, -0.2) is 75.4 Å². The highest BCUT2D eigenvalue weighted by Crippen LogP contribution is 2.25. The lowest BCUT2D eigenvalue weighted by atomic mass is 10.1. The summed E-state index contributed by atoms with van der Waals surface area (Å²) in [7, 11) is 3.30. The third-order valence-corrected chi connectivity index (χ3v) is 5.31. The number of carbonyl (C=O) groups is 1. The van der Waals surface area contributed by atoms with Crippen molar-refractivity contribution in [2.24, 2.45) is 0 Å². The van der Waals surface area contributed by atoms with Crippen LogP contribution in [0, 0.1) is 0 Å². The van der Waals surface area contributed by atoms with Crippen molar-refractivity contribution in [1.82, 2.24) is 9.80 Å². The molecule has 2 aliphatic heterocycles. The fourth-order valence-electron chi connectivity index (χ4n) is 3.73. The lowest BCUT2D eigenvalue weighted by Crippen LogP contribution is -2.50. The Bertz CT molecular complexity index is 593. The lowest BCUT2D eigenvalue weighted by molar-refractivity contribution is -0.133. The highest BCUT2D eigenvalue weighted by Gasteiger charge is 2.24. The first-order valence-corrected chi connectivity index (χ1v) is 9.52. The molecule has 2 fully saturated rings. The van der Waals surface area contributed by atoms with Crippen LogP contribution in [0.5, 0.6) is 11.5 Å². The van der Waals surface area contributed by atoms with Crippen molar-refractivity contribution in [3.05, 3.63) is 23.8 Å². The Balaban J connectivity index is 1.45. The maximum Gasteiger partial charge on any atom is 0.222 e. The fourth-order valence-corrected chi connectivity index (χ4v) is 3.73. The minimum absolute atomic E-state index is 0.214. The summed E-state index contributed by atoms with van der Waals surface area (Å²) in [5.41, 5.74) is 1.01. The van der Waals surface area contributed by atoms with Crippen LogP contribution in [-0.2, 0) is 16.0 Å². The average Bonchev–Trinajstić information content (AvgIpc) is 3.19. The van der Waals surface area contributed by atoms with Crippen molar-refractivity contribution in [1.29, 1.82) is 0 Å². The smallest absolute Gasteiger partial charge is 0.222 e. The highest BCUT2D eigenvalue weighted by atomic mass is 16.5. The first-order chi connectivity index (χ1) is 12.7. The number of nitrogens with zero attached hydrogens (tertiary/aromatic N) is 2. The third-order valence-electron chi connectivity index (χ3n) is 5.31. The number of hydrogen-bond acceptors (Lipinski definition) is 5. The van der Waals surface area contributed by atoms with E-state index in [9.17, 15) is 4.79 Å². The van der Waals surface area contributed by atoms with Crippen LogP contribution in [0.3, 0.4) is 0 Å². The molecule has 0 radical (unpaired) electrons. The van der Waals surface area contributed by atoms with Crippen LogP contribution >= 0.6 is 0 Å². The number of rotatable bonds is 7. The fraction of sp³-hybridized carbons (Fsp3) is 0.650. The summed E-state index contributed by atoms with van der Waals surface area (Å²) in [6, 6.07) is 5.71. The van der Waals surface area contributed by atoms with Crippen LogP contribution in [0.1, 0.15) is 24.8 Å². The van der Waals surface area contributed by atoms with Gasteiger partial charge in [0.1, 0.15) is 11.5 Å². The van der Waals surface area contributed by atoms with Gasteiger partial charge < -0.3 is 19.1 Å². The Morgan fingerprint density at radius 1 is 1.19 bits per heavy atom. The zero-order valence-electron chi connectivity index (χ0n) is 15.9. The Morgan fingerprint density at radius 2 is 2.00 bits per heavy atom. The molecule has 6 heteroatoms. The Labute approximate surface area is 156 Å². The number of carbonyl (C=O) groups excluding carboxylic acids is 1. The highest BCUT2D eigenvalue weighted by molar-refractivity contribution is 5.76. The van der Waals surface area contributed by atoms with Crippen LogP contribution in [0.2, 0.25) is 0 Å². The molecule has 26 heavy (non-hydrogen) atoms. The van der Waals surface area contributed by atoms with Gasteiger partial charge >= 0.3 is 0 Å². The molecule has 1 atom stereocenters. The standard InChI is InChI=1S/C20H30N2O4/c1-24-17-6-7-19(25-2)16(14-17)5-8-20(23)22-11-9-21(10-12-22)15-18-4-3-13-26-18/h6-7,14,18H,3-5,8-13,15H2,1-2H3. The number of methoxy groups -OCH3 is 2. The summed E-state index contributed by atoms with van der Waals surface area (Å²) < 4.78 is 16.4. The summed E-state index contributed by atoms with van der Waals surface area (Å²) >= 11 is 0. The summed E-state index contributed by atoms with van der Waals surface area (Å²) in [4.78, 5) is 17.0. The minimum atomic E-state index is 0.214. The quantitative estimate of drug-likeness (QED) is 0.742. The molecule has 0 aromatic heterocycles.